The van der Waals surface area contributed by atoms with Crippen LogP contribution in [0.15, 0.2) is 36.4 Å². The number of imidazole rings is 1. The number of halogens is 1. The average Bonchev–Trinajstić information content (AvgIpc) is 3.45. The first-order valence-corrected chi connectivity index (χ1v) is 11.8. The Morgan fingerprint density at radius 2 is 1.97 bits per heavy atom. The molecule has 2 N–H and O–H groups in total. The summed E-state index contributed by atoms with van der Waals surface area (Å²) in [5.41, 5.74) is 4.37. The number of benzene rings is 2. The van der Waals surface area contributed by atoms with Gasteiger partial charge in [-0.1, -0.05) is 20.8 Å². The summed E-state index contributed by atoms with van der Waals surface area (Å²) in [4.78, 5) is 13.1. The molecule has 0 saturated carbocycles. The highest BCUT2D eigenvalue weighted by Crippen LogP contribution is 2.30. The topological polar surface area (TPSA) is 73.1 Å². The molecule has 174 valence electrons. The van der Waals surface area contributed by atoms with Gasteiger partial charge in [0.15, 0.2) is 5.82 Å². The highest BCUT2D eigenvalue weighted by molar-refractivity contribution is 5.93. The van der Waals surface area contributed by atoms with E-state index in [1.165, 1.54) is 17.8 Å². The fraction of sp³-hybridized carbons (Fsp3) is 0.440. The van der Waals surface area contributed by atoms with Gasteiger partial charge in [-0.25, -0.2) is 9.37 Å². The standard InChI is InChI=1S/C25H31FN6O/c1-4-17-15-33-19(13-31(5-2)6-3)14-32(17)18-8-10-21-23(12-18)28-25(27-21)24-20-9-7-16(26)11-22(20)29-30-24/h7-12,17,19H,4-6,13-15H2,1-3H3,(H,27,28)(H,29,30). The first kappa shape index (κ1) is 21.9. The molecule has 0 radical (unpaired) electrons. The summed E-state index contributed by atoms with van der Waals surface area (Å²) < 4.78 is 19.8. The van der Waals surface area contributed by atoms with Crippen molar-refractivity contribution < 1.29 is 9.13 Å². The maximum Gasteiger partial charge on any atom is 0.159 e. The molecule has 3 heterocycles. The molecule has 2 unspecified atom stereocenters. The number of aromatic amines is 2. The minimum Gasteiger partial charge on any atom is -0.373 e. The fourth-order valence-corrected chi connectivity index (χ4v) is 4.75. The van der Waals surface area contributed by atoms with Gasteiger partial charge >= 0.3 is 0 Å². The molecule has 33 heavy (non-hydrogen) atoms. The van der Waals surface area contributed by atoms with Crippen LogP contribution in [0.5, 0.6) is 0 Å². The molecule has 1 aliphatic heterocycles. The first-order valence-electron chi connectivity index (χ1n) is 11.8. The van der Waals surface area contributed by atoms with Gasteiger partial charge in [0, 0.05) is 24.2 Å². The van der Waals surface area contributed by atoms with E-state index in [1.807, 2.05) is 0 Å². The maximum absolute atomic E-state index is 13.5. The predicted molar refractivity (Wildman–Crippen MR) is 130 cm³/mol. The van der Waals surface area contributed by atoms with E-state index in [1.54, 1.807) is 6.07 Å². The number of aromatic nitrogens is 4. The highest BCUT2D eigenvalue weighted by Gasteiger charge is 2.29. The monoisotopic (exact) mass is 450 g/mol. The number of hydrogen-bond donors (Lipinski definition) is 2. The van der Waals surface area contributed by atoms with Crippen molar-refractivity contribution in [1.29, 1.82) is 0 Å². The molecule has 0 aliphatic carbocycles. The molecule has 2 atom stereocenters. The van der Waals surface area contributed by atoms with E-state index in [0.29, 0.717) is 23.1 Å². The molecule has 5 rings (SSSR count). The van der Waals surface area contributed by atoms with Gasteiger partial charge in [0.05, 0.1) is 35.3 Å². The maximum atomic E-state index is 13.5. The summed E-state index contributed by atoms with van der Waals surface area (Å²) in [6.45, 7) is 11.2. The molecule has 1 fully saturated rings. The third-order valence-electron chi connectivity index (χ3n) is 6.74. The summed E-state index contributed by atoms with van der Waals surface area (Å²) in [6, 6.07) is 11.3. The van der Waals surface area contributed by atoms with Crippen molar-refractivity contribution in [2.24, 2.45) is 0 Å². The van der Waals surface area contributed by atoms with Gasteiger partial charge in [-0.15, -0.1) is 0 Å². The highest BCUT2D eigenvalue weighted by atomic mass is 19.1. The molecule has 0 amide bonds. The first-order chi connectivity index (χ1) is 16.1. The summed E-state index contributed by atoms with van der Waals surface area (Å²) in [5, 5.41) is 8.12. The van der Waals surface area contributed by atoms with Crippen LogP contribution in [0.3, 0.4) is 0 Å². The third kappa shape index (κ3) is 4.20. The predicted octanol–water partition coefficient (Wildman–Crippen LogP) is 4.57. The Morgan fingerprint density at radius 1 is 1.12 bits per heavy atom. The van der Waals surface area contributed by atoms with Crippen LogP contribution in [0.4, 0.5) is 10.1 Å². The number of nitrogens with one attached hydrogen (secondary N) is 2. The Kier molecular flexibility index (Phi) is 6.03. The second-order valence-corrected chi connectivity index (χ2v) is 8.70. The van der Waals surface area contributed by atoms with Crippen molar-refractivity contribution in [3.05, 3.63) is 42.2 Å². The molecule has 8 heteroatoms. The Bertz CT molecular complexity index is 1250. The molecule has 2 aromatic carbocycles. The SMILES string of the molecule is CCC1COC(CN(CC)CC)CN1c1ccc2nc(-c3n[nH]c4cc(F)ccc34)[nH]c2c1. The summed E-state index contributed by atoms with van der Waals surface area (Å²) in [5.74, 6) is 0.385. The lowest BCUT2D eigenvalue weighted by Gasteiger charge is -2.42. The molecule has 0 spiro atoms. The molecular weight excluding hydrogens is 419 g/mol. The van der Waals surface area contributed by atoms with Crippen LogP contribution in [-0.2, 0) is 4.74 Å². The van der Waals surface area contributed by atoms with Gasteiger partial charge in [-0.3, -0.25) is 5.10 Å². The van der Waals surface area contributed by atoms with E-state index in [0.717, 1.165) is 55.6 Å². The van der Waals surface area contributed by atoms with Crippen molar-refractivity contribution in [3.8, 4) is 11.5 Å². The number of H-pyrrole nitrogens is 2. The van der Waals surface area contributed by atoms with Gasteiger partial charge in [-0.05, 0) is 55.9 Å². The summed E-state index contributed by atoms with van der Waals surface area (Å²) in [6.07, 6.45) is 1.22. The largest absolute Gasteiger partial charge is 0.373 e. The Hall–Kier alpha value is -2.97. The zero-order chi connectivity index (χ0) is 22.9. The van der Waals surface area contributed by atoms with E-state index >= 15 is 0 Å². The number of likely N-dealkylation sites (N-methyl/N-ethyl adjacent to an activating group) is 1. The Morgan fingerprint density at radius 3 is 2.76 bits per heavy atom. The molecule has 0 bridgehead atoms. The molecule has 7 nitrogen and oxygen atoms in total. The molecule has 1 aliphatic rings. The second-order valence-electron chi connectivity index (χ2n) is 8.70. The van der Waals surface area contributed by atoms with Crippen molar-refractivity contribution in [2.45, 2.75) is 39.3 Å². The van der Waals surface area contributed by atoms with E-state index in [4.69, 9.17) is 9.72 Å². The Labute approximate surface area is 192 Å². The second kappa shape index (κ2) is 9.11. The van der Waals surface area contributed by atoms with Crippen molar-refractivity contribution >= 4 is 27.6 Å². The smallest absolute Gasteiger partial charge is 0.159 e. The van der Waals surface area contributed by atoms with Crippen LogP contribution < -0.4 is 4.90 Å². The van der Waals surface area contributed by atoms with E-state index in [2.05, 4.69) is 64.0 Å². The van der Waals surface area contributed by atoms with Gasteiger partial charge in [0.25, 0.3) is 0 Å². The molecular formula is C25H31FN6O. The number of morpholine rings is 1. The minimum absolute atomic E-state index is 0.191. The van der Waals surface area contributed by atoms with Crippen molar-refractivity contribution in [2.75, 3.05) is 37.7 Å². The number of ether oxygens (including phenoxy) is 1. The number of anilines is 1. The lowest BCUT2D eigenvalue weighted by atomic mass is 10.1. The van der Waals surface area contributed by atoms with Crippen LogP contribution in [0.2, 0.25) is 0 Å². The molecule has 1 saturated heterocycles. The van der Waals surface area contributed by atoms with E-state index in [9.17, 15) is 4.39 Å². The molecule has 4 aromatic rings. The van der Waals surface area contributed by atoms with E-state index < -0.39 is 0 Å². The summed E-state index contributed by atoms with van der Waals surface area (Å²) >= 11 is 0. The quantitative estimate of drug-likeness (QED) is 0.432. The zero-order valence-corrected chi connectivity index (χ0v) is 19.4. The van der Waals surface area contributed by atoms with Crippen molar-refractivity contribution in [3.63, 3.8) is 0 Å². The number of nitrogens with zero attached hydrogens (tertiary/aromatic N) is 4. The van der Waals surface area contributed by atoms with Gasteiger partial charge < -0.3 is 19.5 Å². The average molecular weight is 451 g/mol. The zero-order valence-electron chi connectivity index (χ0n) is 19.4. The third-order valence-corrected chi connectivity index (χ3v) is 6.74. The number of rotatable bonds is 7. The van der Waals surface area contributed by atoms with Gasteiger partial charge in [0.1, 0.15) is 11.5 Å². The van der Waals surface area contributed by atoms with Gasteiger partial charge in [-0.2, -0.15) is 5.10 Å². The lowest BCUT2D eigenvalue weighted by Crippen LogP contribution is -2.52. The fourth-order valence-electron chi connectivity index (χ4n) is 4.75. The van der Waals surface area contributed by atoms with Crippen molar-refractivity contribution in [1.82, 2.24) is 25.1 Å². The van der Waals surface area contributed by atoms with E-state index in [-0.39, 0.29) is 11.9 Å². The van der Waals surface area contributed by atoms with Crippen LogP contribution in [0.1, 0.15) is 27.2 Å². The summed E-state index contributed by atoms with van der Waals surface area (Å²) in [7, 11) is 0. The van der Waals surface area contributed by atoms with Crippen LogP contribution in [0.25, 0.3) is 33.5 Å². The van der Waals surface area contributed by atoms with Gasteiger partial charge in [0.2, 0.25) is 0 Å². The lowest BCUT2D eigenvalue weighted by molar-refractivity contribution is -0.000799. The van der Waals surface area contributed by atoms with Crippen LogP contribution in [0, 0.1) is 5.82 Å². The number of fused-ring (bicyclic) bond motifs is 2. The minimum atomic E-state index is -0.290. The normalized spacial score (nSPS) is 19.2. The Balaban J connectivity index is 1.44. The van der Waals surface area contributed by atoms with Crippen LogP contribution >= 0.6 is 0 Å². The number of hydrogen-bond acceptors (Lipinski definition) is 5. The molecule has 2 aromatic heterocycles. The van der Waals surface area contributed by atoms with Crippen LogP contribution in [-0.4, -0.2) is 70.0 Å².